The number of anilines is 1. The van der Waals surface area contributed by atoms with Crippen molar-refractivity contribution in [2.75, 3.05) is 5.32 Å². The molecule has 0 spiro atoms. The van der Waals surface area contributed by atoms with Gasteiger partial charge in [0.05, 0.1) is 26.6 Å². The first kappa shape index (κ1) is 17.9. The molecule has 1 heterocycles. The Morgan fingerprint density at radius 3 is 2.33 bits per heavy atom. The molecule has 4 aromatic rings. The number of carbonyl (C=O) groups is 1. The molecule has 27 heavy (non-hydrogen) atoms. The van der Waals surface area contributed by atoms with Gasteiger partial charge in [0.15, 0.2) is 0 Å². The fourth-order valence-electron chi connectivity index (χ4n) is 2.73. The predicted molar refractivity (Wildman–Crippen MR) is 111 cm³/mol. The smallest absolute Gasteiger partial charge is 0.255 e. The van der Waals surface area contributed by atoms with E-state index in [1.165, 1.54) is 0 Å². The molecule has 0 fully saturated rings. The zero-order valence-corrected chi connectivity index (χ0v) is 16.0. The number of halogens is 3. The average Bonchev–Trinajstić information content (AvgIpc) is 3.06. The Morgan fingerprint density at radius 1 is 0.926 bits per heavy atom. The Kier molecular flexibility index (Phi) is 4.79. The summed E-state index contributed by atoms with van der Waals surface area (Å²) in [7, 11) is 0. The summed E-state index contributed by atoms with van der Waals surface area (Å²) < 4.78 is 0. The van der Waals surface area contributed by atoms with Crippen LogP contribution in [-0.4, -0.2) is 15.9 Å². The van der Waals surface area contributed by atoms with Crippen LogP contribution in [0, 0.1) is 0 Å². The number of benzene rings is 3. The van der Waals surface area contributed by atoms with Gasteiger partial charge in [0.2, 0.25) is 0 Å². The summed E-state index contributed by atoms with van der Waals surface area (Å²) >= 11 is 18.4. The van der Waals surface area contributed by atoms with E-state index in [2.05, 4.69) is 15.3 Å². The number of H-pyrrole nitrogens is 1. The molecular formula is C20H12Cl3N3O. The summed E-state index contributed by atoms with van der Waals surface area (Å²) in [6.45, 7) is 0. The highest BCUT2D eigenvalue weighted by molar-refractivity contribution is 6.39. The number of amides is 1. The second-order valence-corrected chi connectivity index (χ2v) is 7.13. The van der Waals surface area contributed by atoms with Crippen molar-refractivity contribution in [2.45, 2.75) is 0 Å². The van der Waals surface area contributed by atoms with Crippen molar-refractivity contribution in [3.05, 3.63) is 81.3 Å². The zero-order chi connectivity index (χ0) is 19.0. The maximum Gasteiger partial charge on any atom is 0.255 e. The van der Waals surface area contributed by atoms with Crippen LogP contribution in [0.4, 0.5) is 5.69 Å². The average molecular weight is 417 g/mol. The van der Waals surface area contributed by atoms with Crippen molar-refractivity contribution < 1.29 is 4.79 Å². The summed E-state index contributed by atoms with van der Waals surface area (Å²) in [6.07, 6.45) is 0. The molecule has 1 amide bonds. The van der Waals surface area contributed by atoms with Gasteiger partial charge in [-0.1, -0.05) is 40.9 Å². The molecular weight excluding hydrogens is 405 g/mol. The number of hydrogen-bond donors (Lipinski definition) is 2. The van der Waals surface area contributed by atoms with E-state index in [1.807, 2.05) is 0 Å². The van der Waals surface area contributed by atoms with Gasteiger partial charge in [-0.05, 0) is 54.6 Å². The third-order valence-corrected chi connectivity index (χ3v) is 4.93. The highest BCUT2D eigenvalue weighted by atomic mass is 35.5. The SMILES string of the molecule is O=C(Nc1ccc(Cl)cc1)c1ccc2nc(-c3c(Cl)cccc3Cl)[nH]c2c1. The van der Waals surface area contributed by atoms with E-state index >= 15 is 0 Å². The van der Waals surface area contributed by atoms with E-state index in [1.54, 1.807) is 60.7 Å². The summed E-state index contributed by atoms with van der Waals surface area (Å²) in [4.78, 5) is 20.2. The molecule has 0 bridgehead atoms. The Balaban J connectivity index is 1.66. The van der Waals surface area contributed by atoms with E-state index < -0.39 is 0 Å². The maximum absolute atomic E-state index is 12.5. The summed E-state index contributed by atoms with van der Waals surface area (Å²) in [5, 5.41) is 4.45. The lowest BCUT2D eigenvalue weighted by atomic mass is 10.2. The number of nitrogens with zero attached hydrogens (tertiary/aromatic N) is 1. The quantitative estimate of drug-likeness (QED) is 0.403. The van der Waals surface area contributed by atoms with Crippen LogP contribution in [0.3, 0.4) is 0 Å². The topological polar surface area (TPSA) is 57.8 Å². The van der Waals surface area contributed by atoms with E-state index in [9.17, 15) is 4.79 Å². The van der Waals surface area contributed by atoms with Gasteiger partial charge >= 0.3 is 0 Å². The first-order chi connectivity index (χ1) is 13.0. The van der Waals surface area contributed by atoms with Crippen LogP contribution < -0.4 is 5.32 Å². The number of rotatable bonds is 3. The minimum atomic E-state index is -0.230. The number of aromatic nitrogens is 2. The van der Waals surface area contributed by atoms with E-state index in [-0.39, 0.29) is 5.91 Å². The van der Waals surface area contributed by atoms with Gasteiger partial charge in [-0.15, -0.1) is 0 Å². The fraction of sp³-hybridized carbons (Fsp3) is 0. The maximum atomic E-state index is 12.5. The summed E-state index contributed by atoms with van der Waals surface area (Å²) in [5.74, 6) is 0.321. The van der Waals surface area contributed by atoms with Gasteiger partial charge in [0.25, 0.3) is 5.91 Å². The molecule has 0 aliphatic rings. The molecule has 0 aliphatic heterocycles. The van der Waals surface area contributed by atoms with Gasteiger partial charge < -0.3 is 10.3 Å². The number of aromatic amines is 1. The molecule has 0 aliphatic carbocycles. The Labute approximate surface area is 170 Å². The molecule has 2 N–H and O–H groups in total. The van der Waals surface area contributed by atoms with Crippen molar-refractivity contribution in [3.8, 4) is 11.4 Å². The fourth-order valence-corrected chi connectivity index (χ4v) is 3.43. The van der Waals surface area contributed by atoms with Crippen LogP contribution >= 0.6 is 34.8 Å². The molecule has 0 unspecified atom stereocenters. The Bertz CT molecular complexity index is 1130. The van der Waals surface area contributed by atoms with Gasteiger partial charge in [-0.2, -0.15) is 0 Å². The molecule has 4 nitrogen and oxygen atoms in total. The minimum absolute atomic E-state index is 0.230. The first-order valence-corrected chi connectivity index (χ1v) is 9.16. The lowest BCUT2D eigenvalue weighted by Crippen LogP contribution is -2.11. The summed E-state index contributed by atoms with van der Waals surface area (Å²) in [6, 6.07) is 17.4. The third kappa shape index (κ3) is 3.65. The number of fused-ring (bicyclic) bond motifs is 1. The van der Waals surface area contributed by atoms with Crippen LogP contribution in [0.15, 0.2) is 60.7 Å². The predicted octanol–water partition coefficient (Wildman–Crippen LogP) is 6.44. The first-order valence-electron chi connectivity index (χ1n) is 8.02. The van der Waals surface area contributed by atoms with Crippen LogP contribution in [-0.2, 0) is 0 Å². The Hall–Kier alpha value is -2.53. The van der Waals surface area contributed by atoms with Gasteiger partial charge in [0, 0.05) is 16.3 Å². The highest BCUT2D eigenvalue weighted by Crippen LogP contribution is 2.33. The Morgan fingerprint density at radius 2 is 1.63 bits per heavy atom. The van der Waals surface area contributed by atoms with E-state index in [0.29, 0.717) is 48.7 Å². The van der Waals surface area contributed by atoms with Crippen molar-refractivity contribution in [2.24, 2.45) is 0 Å². The standard InChI is InChI=1S/C20H12Cl3N3O/c21-12-5-7-13(8-6-12)24-20(27)11-4-9-16-17(10-11)26-19(25-16)18-14(22)2-1-3-15(18)23/h1-10H,(H,24,27)(H,25,26). The zero-order valence-electron chi connectivity index (χ0n) is 13.8. The molecule has 3 aromatic carbocycles. The van der Waals surface area contributed by atoms with E-state index in [4.69, 9.17) is 34.8 Å². The molecule has 0 atom stereocenters. The number of hydrogen-bond acceptors (Lipinski definition) is 2. The van der Waals surface area contributed by atoms with Crippen molar-refractivity contribution in [3.63, 3.8) is 0 Å². The van der Waals surface area contributed by atoms with Crippen LogP contribution in [0.25, 0.3) is 22.4 Å². The van der Waals surface area contributed by atoms with Gasteiger partial charge in [-0.25, -0.2) is 4.98 Å². The number of nitrogens with one attached hydrogen (secondary N) is 2. The molecule has 134 valence electrons. The van der Waals surface area contributed by atoms with E-state index in [0.717, 1.165) is 0 Å². The van der Waals surface area contributed by atoms with Crippen molar-refractivity contribution in [1.29, 1.82) is 0 Å². The van der Waals surface area contributed by atoms with Gasteiger partial charge in [0.1, 0.15) is 5.82 Å². The second kappa shape index (κ2) is 7.24. The molecule has 7 heteroatoms. The molecule has 1 aromatic heterocycles. The normalized spacial score (nSPS) is 10.9. The minimum Gasteiger partial charge on any atom is -0.338 e. The summed E-state index contributed by atoms with van der Waals surface area (Å²) in [5.41, 5.74) is 3.22. The van der Waals surface area contributed by atoms with Gasteiger partial charge in [-0.3, -0.25) is 4.79 Å². The molecule has 0 saturated carbocycles. The van der Waals surface area contributed by atoms with Crippen molar-refractivity contribution >= 4 is 57.4 Å². The number of imidazole rings is 1. The molecule has 0 radical (unpaired) electrons. The lowest BCUT2D eigenvalue weighted by Gasteiger charge is -2.05. The van der Waals surface area contributed by atoms with Crippen LogP contribution in [0.5, 0.6) is 0 Å². The third-order valence-electron chi connectivity index (χ3n) is 4.05. The highest BCUT2D eigenvalue weighted by Gasteiger charge is 2.14. The monoisotopic (exact) mass is 415 g/mol. The molecule has 4 rings (SSSR count). The van der Waals surface area contributed by atoms with Crippen LogP contribution in [0.1, 0.15) is 10.4 Å². The lowest BCUT2D eigenvalue weighted by molar-refractivity contribution is 0.102. The largest absolute Gasteiger partial charge is 0.338 e. The molecule has 0 saturated heterocycles. The number of carbonyl (C=O) groups excluding carboxylic acids is 1. The second-order valence-electron chi connectivity index (χ2n) is 5.88. The van der Waals surface area contributed by atoms with Crippen LogP contribution in [0.2, 0.25) is 15.1 Å². The van der Waals surface area contributed by atoms with Crippen molar-refractivity contribution in [1.82, 2.24) is 9.97 Å².